The molecule has 0 spiro atoms. The summed E-state index contributed by atoms with van der Waals surface area (Å²) in [6, 6.07) is 3.97. The fourth-order valence-corrected chi connectivity index (χ4v) is 4.13. The lowest BCUT2D eigenvalue weighted by Gasteiger charge is -2.43. The van der Waals surface area contributed by atoms with Crippen LogP contribution in [0.1, 0.15) is 12.0 Å². The summed E-state index contributed by atoms with van der Waals surface area (Å²) in [6.45, 7) is 2.83. The molecule has 0 unspecified atom stereocenters. The molecule has 1 aromatic rings. The van der Waals surface area contributed by atoms with Crippen LogP contribution in [0.5, 0.6) is 11.5 Å². The number of esters is 1. The fourth-order valence-electron chi connectivity index (χ4n) is 4.13. The van der Waals surface area contributed by atoms with Crippen molar-refractivity contribution in [2.24, 2.45) is 11.8 Å². The Bertz CT molecular complexity index is 1070. The van der Waals surface area contributed by atoms with Crippen LogP contribution in [0.2, 0.25) is 0 Å². The minimum absolute atomic E-state index is 0.0201. The third-order valence-corrected chi connectivity index (χ3v) is 6.23. The number of ether oxygens (including phenoxy) is 4. The Hall–Kier alpha value is -3.46. The Morgan fingerprint density at radius 2 is 1.79 bits per heavy atom. The number of aliphatic carboxylic acids is 1. The summed E-state index contributed by atoms with van der Waals surface area (Å²) in [6.07, 6.45) is -4.16. The number of phenolic OH excluding ortho intramolecular Hbond substituents is 2. The molecule has 2 heterocycles. The molecule has 2 aliphatic heterocycles. The second-order valence-corrected chi connectivity index (χ2v) is 8.67. The summed E-state index contributed by atoms with van der Waals surface area (Å²) in [7, 11) is 0. The first kappa shape index (κ1) is 29.1. The number of carbonyl (C=O) groups is 2. The van der Waals surface area contributed by atoms with Crippen LogP contribution >= 0.6 is 0 Å². The Kier molecular flexibility index (Phi) is 9.85. The molecule has 8 atom stereocenters. The molecule has 2 aliphatic rings. The third kappa shape index (κ3) is 6.69. The largest absolute Gasteiger partial charge is 0.504 e. The summed E-state index contributed by atoms with van der Waals surface area (Å²) < 4.78 is 21.6. The van der Waals surface area contributed by atoms with Crippen LogP contribution in [0.3, 0.4) is 0 Å². The molecule has 0 saturated carbocycles. The van der Waals surface area contributed by atoms with Crippen molar-refractivity contribution >= 4 is 18.0 Å². The molecule has 208 valence electrons. The Morgan fingerprint density at radius 1 is 1.05 bits per heavy atom. The Morgan fingerprint density at radius 3 is 2.42 bits per heavy atom. The highest BCUT2D eigenvalue weighted by Crippen LogP contribution is 2.36. The highest BCUT2D eigenvalue weighted by molar-refractivity contribution is 5.88. The van der Waals surface area contributed by atoms with Crippen LogP contribution in [0.4, 0.5) is 0 Å². The van der Waals surface area contributed by atoms with Crippen LogP contribution in [0, 0.1) is 11.8 Å². The number of aromatic hydroxyl groups is 2. The van der Waals surface area contributed by atoms with Gasteiger partial charge in [0.2, 0.25) is 6.29 Å². The van der Waals surface area contributed by atoms with Crippen LogP contribution < -0.4 is 0 Å². The number of hydrogen-bond donors (Lipinski definition) is 7. The van der Waals surface area contributed by atoms with E-state index in [2.05, 4.69) is 6.58 Å². The van der Waals surface area contributed by atoms with Crippen molar-refractivity contribution in [3.05, 3.63) is 54.3 Å². The average molecular weight is 539 g/mol. The lowest BCUT2D eigenvalue weighted by molar-refractivity contribution is -0.339. The van der Waals surface area contributed by atoms with E-state index in [0.717, 1.165) is 12.3 Å². The zero-order chi connectivity index (χ0) is 28.0. The molecule has 0 amide bonds. The molecule has 0 aliphatic carbocycles. The lowest BCUT2D eigenvalue weighted by Crippen LogP contribution is -2.60. The SMILES string of the molecule is C=C[C@@H]1[C@@H](O[C@H]2O[C@@H](CO)[C@H](O)[C@@H](O)[C@@H]2O)OC=C(C(=O)O)[C@@H]1CCOC(=O)/C=C/c1ccc(O)c(O)c1. The van der Waals surface area contributed by atoms with Gasteiger partial charge in [-0.25, -0.2) is 9.59 Å². The number of carboxylic acid groups (broad SMARTS) is 1. The molecule has 1 saturated heterocycles. The van der Waals surface area contributed by atoms with Crippen molar-refractivity contribution in [1.82, 2.24) is 0 Å². The molecule has 38 heavy (non-hydrogen) atoms. The van der Waals surface area contributed by atoms with Crippen molar-refractivity contribution in [2.75, 3.05) is 13.2 Å². The van der Waals surface area contributed by atoms with Gasteiger partial charge in [-0.1, -0.05) is 12.1 Å². The van der Waals surface area contributed by atoms with Crippen molar-refractivity contribution in [3.63, 3.8) is 0 Å². The molecule has 13 nitrogen and oxygen atoms in total. The lowest BCUT2D eigenvalue weighted by atomic mass is 9.82. The summed E-state index contributed by atoms with van der Waals surface area (Å²) in [5.41, 5.74) is 0.285. The number of benzene rings is 1. The monoisotopic (exact) mass is 538 g/mol. The first-order valence-electron chi connectivity index (χ1n) is 11.6. The second kappa shape index (κ2) is 12.9. The van der Waals surface area contributed by atoms with Crippen LogP contribution in [-0.2, 0) is 28.5 Å². The highest BCUT2D eigenvalue weighted by atomic mass is 16.8. The molecular weight excluding hydrogens is 508 g/mol. The summed E-state index contributed by atoms with van der Waals surface area (Å²) in [5.74, 6) is -4.33. The highest BCUT2D eigenvalue weighted by Gasteiger charge is 2.47. The van der Waals surface area contributed by atoms with Gasteiger partial charge in [0.1, 0.15) is 24.4 Å². The van der Waals surface area contributed by atoms with Crippen molar-refractivity contribution in [1.29, 1.82) is 0 Å². The normalized spacial score (nSPS) is 31.3. The maximum atomic E-state index is 12.1. The van der Waals surface area contributed by atoms with E-state index in [1.54, 1.807) is 0 Å². The first-order valence-corrected chi connectivity index (χ1v) is 11.6. The third-order valence-electron chi connectivity index (χ3n) is 6.23. The van der Waals surface area contributed by atoms with Gasteiger partial charge < -0.3 is 54.7 Å². The van der Waals surface area contributed by atoms with Crippen LogP contribution in [-0.4, -0.2) is 97.9 Å². The quantitative estimate of drug-likeness (QED) is 0.0876. The van der Waals surface area contributed by atoms with E-state index in [4.69, 9.17) is 18.9 Å². The zero-order valence-corrected chi connectivity index (χ0v) is 20.1. The van der Waals surface area contributed by atoms with Crippen LogP contribution in [0.25, 0.3) is 6.08 Å². The van der Waals surface area contributed by atoms with Gasteiger partial charge in [-0.2, -0.15) is 0 Å². The van der Waals surface area contributed by atoms with Crippen molar-refractivity contribution in [3.8, 4) is 11.5 Å². The predicted molar refractivity (Wildman–Crippen MR) is 127 cm³/mol. The van der Waals surface area contributed by atoms with Gasteiger partial charge in [-0.15, -0.1) is 6.58 Å². The second-order valence-electron chi connectivity index (χ2n) is 8.67. The molecule has 3 rings (SSSR count). The molecule has 0 aromatic heterocycles. The van der Waals surface area contributed by atoms with E-state index in [1.165, 1.54) is 30.4 Å². The molecule has 13 heteroatoms. The number of carbonyl (C=O) groups excluding carboxylic acids is 1. The molecule has 1 aromatic carbocycles. The van der Waals surface area contributed by atoms with Crippen LogP contribution in [0.15, 0.2) is 48.8 Å². The summed E-state index contributed by atoms with van der Waals surface area (Å²) in [4.78, 5) is 23.9. The van der Waals surface area contributed by atoms with Crippen molar-refractivity contribution in [2.45, 2.75) is 43.4 Å². The van der Waals surface area contributed by atoms with Gasteiger partial charge >= 0.3 is 11.9 Å². The Labute approximate surface area is 217 Å². The fraction of sp³-hybridized carbons (Fsp3) is 0.440. The average Bonchev–Trinajstić information content (AvgIpc) is 2.89. The van der Waals surface area contributed by atoms with Gasteiger partial charge in [-0.3, -0.25) is 0 Å². The Balaban J connectivity index is 1.65. The predicted octanol–water partition coefficient (Wildman–Crippen LogP) is -0.396. The van der Waals surface area contributed by atoms with E-state index in [1.807, 2.05) is 0 Å². The number of aliphatic hydroxyl groups excluding tert-OH is 4. The van der Waals surface area contributed by atoms with Gasteiger partial charge in [0, 0.05) is 17.9 Å². The maximum absolute atomic E-state index is 12.1. The molecule has 7 N–H and O–H groups in total. The molecule has 0 bridgehead atoms. The van der Waals surface area contributed by atoms with Gasteiger partial charge in [0.05, 0.1) is 25.0 Å². The van der Waals surface area contributed by atoms with E-state index < -0.39 is 67.4 Å². The number of phenols is 2. The molecular formula is C25H30O13. The topological polar surface area (TPSA) is 213 Å². The van der Waals surface area contributed by atoms with E-state index in [0.29, 0.717) is 5.56 Å². The maximum Gasteiger partial charge on any atom is 0.334 e. The van der Waals surface area contributed by atoms with E-state index in [-0.39, 0.29) is 30.1 Å². The number of carboxylic acids is 1. The zero-order valence-electron chi connectivity index (χ0n) is 20.1. The minimum Gasteiger partial charge on any atom is -0.504 e. The molecule has 1 fully saturated rings. The van der Waals surface area contributed by atoms with E-state index in [9.17, 15) is 45.3 Å². The van der Waals surface area contributed by atoms with Crippen molar-refractivity contribution < 1.29 is 64.3 Å². The van der Waals surface area contributed by atoms with Gasteiger partial charge in [0.15, 0.2) is 17.8 Å². The van der Waals surface area contributed by atoms with E-state index >= 15 is 0 Å². The number of aliphatic hydroxyl groups is 4. The van der Waals surface area contributed by atoms with Gasteiger partial charge in [0.25, 0.3) is 0 Å². The summed E-state index contributed by atoms with van der Waals surface area (Å²) in [5, 5.41) is 68.1. The number of rotatable bonds is 10. The first-order chi connectivity index (χ1) is 18.1. The number of hydrogen-bond acceptors (Lipinski definition) is 12. The minimum atomic E-state index is -1.70. The standard InChI is InChI=1S/C25H30O13/c1-2-13-14(7-8-35-19(29)6-4-12-3-5-16(27)17(28)9-12)15(23(33)34)11-36-24(13)38-25-22(32)21(31)20(30)18(10-26)37-25/h2-6,9,11,13-14,18,20-22,24-28,30-32H,1,7-8,10H2,(H,33,34)/b6-4+/t13-,14+,18-,20-,21+,22-,24+,25+/m0/s1. The van der Waals surface area contributed by atoms with Gasteiger partial charge in [-0.05, 0) is 30.2 Å². The summed E-state index contributed by atoms with van der Waals surface area (Å²) >= 11 is 0. The molecule has 0 radical (unpaired) electrons. The smallest absolute Gasteiger partial charge is 0.334 e.